The summed E-state index contributed by atoms with van der Waals surface area (Å²) < 4.78 is 13.4. The number of aliphatic hydroxyl groups is 1. The maximum atomic E-state index is 13.4. The number of amides is 1. The summed E-state index contributed by atoms with van der Waals surface area (Å²) in [5.41, 5.74) is 4.97. The van der Waals surface area contributed by atoms with Crippen LogP contribution in [0.4, 0.5) is 10.1 Å². The van der Waals surface area contributed by atoms with Crippen LogP contribution in [0.25, 0.3) is 11.1 Å². The van der Waals surface area contributed by atoms with Gasteiger partial charge in [0.2, 0.25) is 0 Å². The lowest BCUT2D eigenvalue weighted by Gasteiger charge is -2.44. The standard InChI is InChI=1S/C27H24FN3O2/c1-30-24-10-7-20(19-4-2-3-17(13-19)15-29)14-23(24)26-22(25(30)16-32)11-12-31(26)27(33)18-5-8-21(28)9-6-18/h2-10,13-14,22,25-26,32H,11-12,16H2,1H3/t22-,25-,26-/m0/s1. The average Bonchev–Trinajstić information content (AvgIpc) is 3.29. The number of nitriles is 1. The molecule has 5 nitrogen and oxygen atoms in total. The molecule has 3 aromatic rings. The lowest BCUT2D eigenvalue weighted by molar-refractivity contribution is 0.0694. The second kappa shape index (κ2) is 8.34. The predicted molar refractivity (Wildman–Crippen MR) is 124 cm³/mol. The number of benzene rings is 3. The summed E-state index contributed by atoms with van der Waals surface area (Å²) >= 11 is 0. The zero-order valence-corrected chi connectivity index (χ0v) is 18.3. The van der Waals surface area contributed by atoms with Gasteiger partial charge >= 0.3 is 0 Å². The van der Waals surface area contributed by atoms with Crippen molar-refractivity contribution in [2.24, 2.45) is 5.92 Å². The molecule has 0 unspecified atom stereocenters. The number of rotatable bonds is 3. The summed E-state index contributed by atoms with van der Waals surface area (Å²) in [6.07, 6.45) is 0.779. The van der Waals surface area contributed by atoms with E-state index in [1.807, 2.05) is 42.3 Å². The van der Waals surface area contributed by atoms with Gasteiger partial charge in [0.1, 0.15) is 5.82 Å². The third-order valence-electron chi connectivity index (χ3n) is 7.03. The molecule has 0 saturated carbocycles. The summed E-state index contributed by atoms with van der Waals surface area (Å²) in [7, 11) is 1.98. The van der Waals surface area contributed by atoms with Gasteiger partial charge in [-0.1, -0.05) is 18.2 Å². The van der Waals surface area contributed by atoms with Gasteiger partial charge in [-0.2, -0.15) is 5.26 Å². The molecule has 1 saturated heterocycles. The van der Waals surface area contributed by atoms with Gasteiger partial charge in [0.05, 0.1) is 30.3 Å². The van der Waals surface area contributed by atoms with E-state index in [1.54, 1.807) is 6.07 Å². The minimum absolute atomic E-state index is 0.00164. The molecule has 2 aliphatic heterocycles. The first-order valence-corrected chi connectivity index (χ1v) is 11.1. The topological polar surface area (TPSA) is 67.6 Å². The summed E-state index contributed by atoms with van der Waals surface area (Å²) in [6.45, 7) is 0.575. The molecule has 6 heteroatoms. The summed E-state index contributed by atoms with van der Waals surface area (Å²) in [5.74, 6) is -0.427. The van der Waals surface area contributed by atoms with Gasteiger partial charge < -0.3 is 14.9 Å². The third kappa shape index (κ3) is 3.55. The van der Waals surface area contributed by atoms with Crippen molar-refractivity contribution in [2.45, 2.75) is 18.5 Å². The van der Waals surface area contributed by atoms with Crippen LogP contribution in [0.2, 0.25) is 0 Å². The molecule has 2 aliphatic rings. The van der Waals surface area contributed by atoms with Crippen molar-refractivity contribution < 1.29 is 14.3 Å². The van der Waals surface area contributed by atoms with Crippen molar-refractivity contribution in [1.82, 2.24) is 4.90 Å². The van der Waals surface area contributed by atoms with Crippen molar-refractivity contribution in [1.29, 1.82) is 5.26 Å². The fraction of sp³-hybridized carbons (Fsp3) is 0.259. The molecule has 3 atom stereocenters. The molecule has 166 valence electrons. The Morgan fingerprint density at radius 1 is 1.12 bits per heavy atom. The summed E-state index contributed by atoms with van der Waals surface area (Å²) in [4.78, 5) is 17.4. The largest absolute Gasteiger partial charge is 0.394 e. The summed E-state index contributed by atoms with van der Waals surface area (Å²) in [6, 6.07) is 21.2. The average molecular weight is 442 g/mol. The van der Waals surface area contributed by atoms with Gasteiger partial charge in [0.15, 0.2) is 0 Å². The van der Waals surface area contributed by atoms with E-state index in [0.29, 0.717) is 17.7 Å². The van der Waals surface area contributed by atoms with Crippen LogP contribution in [-0.4, -0.2) is 42.2 Å². The molecule has 0 aliphatic carbocycles. The number of likely N-dealkylation sites (tertiary alicyclic amines) is 1. The van der Waals surface area contributed by atoms with E-state index in [4.69, 9.17) is 0 Å². The maximum Gasteiger partial charge on any atom is 0.254 e. The zero-order chi connectivity index (χ0) is 23.1. The monoisotopic (exact) mass is 441 g/mol. The van der Waals surface area contributed by atoms with Gasteiger partial charge in [-0.05, 0) is 71.6 Å². The van der Waals surface area contributed by atoms with Crippen LogP contribution >= 0.6 is 0 Å². The number of anilines is 1. The molecule has 0 aromatic heterocycles. The number of hydrogen-bond acceptors (Lipinski definition) is 4. The SMILES string of the molecule is CN1c2ccc(-c3cccc(C#N)c3)cc2[C@@H]2[C@@H](CCN2C(=O)c2ccc(F)cc2)[C@@H]1CO. The number of aliphatic hydroxyl groups excluding tert-OH is 1. The lowest BCUT2D eigenvalue weighted by Crippen LogP contribution is -2.48. The summed E-state index contributed by atoms with van der Waals surface area (Å²) in [5, 5.41) is 19.5. The minimum atomic E-state index is -0.375. The Hall–Kier alpha value is -3.69. The van der Waals surface area contributed by atoms with E-state index in [2.05, 4.69) is 17.0 Å². The van der Waals surface area contributed by atoms with Gasteiger partial charge in [0, 0.05) is 30.8 Å². The molecule has 5 rings (SSSR count). The number of likely N-dealkylation sites (N-methyl/N-ethyl adjacent to an activating group) is 1. The van der Waals surface area contributed by atoms with Crippen LogP contribution in [0.3, 0.4) is 0 Å². The van der Waals surface area contributed by atoms with Crippen LogP contribution in [0.5, 0.6) is 0 Å². The second-order valence-electron chi connectivity index (χ2n) is 8.73. The van der Waals surface area contributed by atoms with Crippen molar-refractivity contribution in [3.05, 3.63) is 89.2 Å². The van der Waals surface area contributed by atoms with Crippen LogP contribution in [-0.2, 0) is 0 Å². The van der Waals surface area contributed by atoms with Crippen molar-refractivity contribution in [3.63, 3.8) is 0 Å². The second-order valence-corrected chi connectivity index (χ2v) is 8.73. The predicted octanol–water partition coefficient (Wildman–Crippen LogP) is 4.38. The van der Waals surface area contributed by atoms with Crippen molar-refractivity contribution >= 4 is 11.6 Å². The fourth-order valence-electron chi connectivity index (χ4n) is 5.39. The van der Waals surface area contributed by atoms with Gasteiger partial charge in [-0.25, -0.2) is 4.39 Å². The Bertz CT molecular complexity index is 1250. The Balaban J connectivity index is 1.60. The van der Waals surface area contributed by atoms with E-state index >= 15 is 0 Å². The van der Waals surface area contributed by atoms with E-state index in [1.165, 1.54) is 24.3 Å². The Morgan fingerprint density at radius 2 is 1.88 bits per heavy atom. The molecule has 0 spiro atoms. The first-order valence-electron chi connectivity index (χ1n) is 11.1. The third-order valence-corrected chi connectivity index (χ3v) is 7.03. The van der Waals surface area contributed by atoms with Crippen LogP contribution in [0, 0.1) is 23.1 Å². The van der Waals surface area contributed by atoms with Gasteiger partial charge in [-0.15, -0.1) is 0 Å². The van der Waals surface area contributed by atoms with Crippen molar-refractivity contribution in [2.75, 3.05) is 25.1 Å². The smallest absolute Gasteiger partial charge is 0.254 e. The Labute approximate surface area is 192 Å². The number of nitrogens with zero attached hydrogens (tertiary/aromatic N) is 3. The van der Waals surface area contributed by atoms with E-state index in [9.17, 15) is 19.6 Å². The number of halogens is 1. The maximum absolute atomic E-state index is 13.4. The molecule has 1 fully saturated rings. The highest BCUT2D eigenvalue weighted by molar-refractivity contribution is 5.95. The van der Waals surface area contributed by atoms with E-state index in [-0.39, 0.29) is 36.3 Å². The highest BCUT2D eigenvalue weighted by Gasteiger charge is 2.47. The molecule has 33 heavy (non-hydrogen) atoms. The molecule has 1 amide bonds. The van der Waals surface area contributed by atoms with Crippen molar-refractivity contribution in [3.8, 4) is 17.2 Å². The lowest BCUT2D eigenvalue weighted by atomic mass is 9.81. The van der Waals surface area contributed by atoms with Crippen LogP contribution in [0.1, 0.15) is 33.9 Å². The first-order chi connectivity index (χ1) is 16.0. The van der Waals surface area contributed by atoms with Crippen LogP contribution < -0.4 is 4.90 Å². The van der Waals surface area contributed by atoms with Gasteiger partial charge in [-0.3, -0.25) is 4.79 Å². The highest BCUT2D eigenvalue weighted by atomic mass is 19.1. The Morgan fingerprint density at radius 3 is 2.61 bits per heavy atom. The molecular formula is C27H24FN3O2. The molecule has 0 bridgehead atoms. The van der Waals surface area contributed by atoms with Crippen LogP contribution in [0.15, 0.2) is 66.7 Å². The minimum Gasteiger partial charge on any atom is -0.394 e. The molecule has 3 aromatic carbocycles. The van der Waals surface area contributed by atoms with E-state index in [0.717, 1.165) is 28.8 Å². The quantitative estimate of drug-likeness (QED) is 0.655. The molecule has 0 radical (unpaired) electrons. The number of carbonyl (C=O) groups excluding carboxylic acids is 1. The molecular weight excluding hydrogens is 417 g/mol. The first kappa shape index (κ1) is 21.2. The normalized spacial score (nSPS) is 21.3. The molecule has 2 heterocycles. The Kier molecular flexibility index (Phi) is 5.35. The van der Waals surface area contributed by atoms with E-state index < -0.39 is 0 Å². The zero-order valence-electron chi connectivity index (χ0n) is 18.3. The number of fused-ring (bicyclic) bond motifs is 3. The van der Waals surface area contributed by atoms with Gasteiger partial charge in [0.25, 0.3) is 5.91 Å². The molecule has 1 N–H and O–H groups in total. The fourth-order valence-corrected chi connectivity index (χ4v) is 5.39. The number of carbonyl (C=O) groups is 1. The highest BCUT2D eigenvalue weighted by Crippen LogP contribution is 2.49. The number of hydrogen-bond donors (Lipinski definition) is 1.